The predicted octanol–water partition coefficient (Wildman–Crippen LogP) is 5.26. The number of hydrogen-bond donors (Lipinski definition) is 0. The van der Waals surface area contributed by atoms with Crippen LogP contribution in [0, 0.1) is 0 Å². The van der Waals surface area contributed by atoms with Crippen LogP contribution in [0.1, 0.15) is 16.7 Å². The summed E-state index contributed by atoms with van der Waals surface area (Å²) >= 11 is 1.10. The molecule has 0 amide bonds. The van der Waals surface area contributed by atoms with Gasteiger partial charge in [0.15, 0.2) is 0 Å². The molecular formula is C22H16F3N3O2S. The van der Waals surface area contributed by atoms with Crippen LogP contribution in [0.4, 0.5) is 13.2 Å². The second kappa shape index (κ2) is 8.81. The van der Waals surface area contributed by atoms with Gasteiger partial charge in [0.25, 0.3) is 16.7 Å². The lowest BCUT2D eigenvalue weighted by atomic mass is 10.1. The molecule has 31 heavy (non-hydrogen) atoms. The molecule has 0 N–H and O–H groups in total. The van der Waals surface area contributed by atoms with Crippen LogP contribution in [0.15, 0.2) is 87.4 Å². The number of hydrogen-bond acceptors (Lipinski definition) is 5. The molecule has 158 valence electrons. The Labute approximate surface area is 179 Å². The summed E-state index contributed by atoms with van der Waals surface area (Å²) in [6, 6.07) is 17.9. The largest absolute Gasteiger partial charge is 0.416 e. The summed E-state index contributed by atoms with van der Waals surface area (Å²) in [5.41, 5.74) is 0.732. The van der Waals surface area contributed by atoms with Crippen molar-refractivity contribution in [3.05, 3.63) is 100.0 Å². The molecule has 0 atom stereocenters. The maximum atomic E-state index is 12.9. The van der Waals surface area contributed by atoms with Crippen LogP contribution >= 0.6 is 11.8 Å². The Hall–Kier alpha value is -3.33. The third-order valence-corrected chi connectivity index (χ3v) is 5.36. The highest BCUT2D eigenvalue weighted by Gasteiger charge is 2.30. The van der Waals surface area contributed by atoms with Crippen molar-refractivity contribution in [3.8, 4) is 11.5 Å². The minimum absolute atomic E-state index is 0.0685. The molecule has 2 aromatic carbocycles. The van der Waals surface area contributed by atoms with Gasteiger partial charge in [-0.15, -0.1) is 10.2 Å². The van der Waals surface area contributed by atoms with Crippen molar-refractivity contribution < 1.29 is 17.6 Å². The molecule has 0 saturated heterocycles. The van der Waals surface area contributed by atoms with Crippen molar-refractivity contribution in [2.24, 2.45) is 0 Å². The van der Waals surface area contributed by atoms with Gasteiger partial charge >= 0.3 is 6.18 Å². The van der Waals surface area contributed by atoms with Crippen LogP contribution in [0.25, 0.3) is 11.5 Å². The Kier molecular flexibility index (Phi) is 5.94. The number of pyridine rings is 1. The summed E-state index contributed by atoms with van der Waals surface area (Å²) in [5.74, 6) is 0.289. The van der Waals surface area contributed by atoms with Crippen LogP contribution in [-0.2, 0) is 18.5 Å². The zero-order valence-electron chi connectivity index (χ0n) is 16.0. The van der Waals surface area contributed by atoms with Crippen LogP contribution in [0.3, 0.4) is 0 Å². The lowest BCUT2D eigenvalue weighted by Crippen LogP contribution is -2.21. The highest BCUT2D eigenvalue weighted by molar-refractivity contribution is 7.98. The fourth-order valence-electron chi connectivity index (χ4n) is 2.96. The minimum Gasteiger partial charge on any atom is -0.411 e. The summed E-state index contributed by atoms with van der Waals surface area (Å²) in [4.78, 5) is 12.8. The Morgan fingerprint density at radius 3 is 2.48 bits per heavy atom. The molecular weight excluding hydrogens is 427 g/mol. The summed E-state index contributed by atoms with van der Waals surface area (Å²) in [6.07, 6.45) is -2.72. The first-order valence-corrected chi connectivity index (χ1v) is 10.2. The third-order valence-electron chi connectivity index (χ3n) is 4.47. The first-order valence-electron chi connectivity index (χ1n) is 9.26. The number of nitrogens with zero attached hydrogens (tertiary/aromatic N) is 3. The second-order valence-corrected chi connectivity index (χ2v) is 7.63. The number of alkyl halides is 3. The summed E-state index contributed by atoms with van der Waals surface area (Å²) < 4.78 is 45.7. The molecule has 0 aliphatic heterocycles. The van der Waals surface area contributed by atoms with Gasteiger partial charge in [-0.3, -0.25) is 4.79 Å². The Balaban J connectivity index is 1.49. The van der Waals surface area contributed by atoms with Gasteiger partial charge in [0, 0.05) is 11.9 Å². The van der Waals surface area contributed by atoms with Gasteiger partial charge in [0.05, 0.1) is 12.1 Å². The smallest absolute Gasteiger partial charge is 0.411 e. The minimum atomic E-state index is -4.40. The molecule has 0 radical (unpaired) electrons. The molecule has 0 fully saturated rings. The summed E-state index contributed by atoms with van der Waals surface area (Å²) in [5, 5.41) is 8.01. The van der Waals surface area contributed by atoms with Gasteiger partial charge in [-0.2, -0.15) is 13.2 Å². The molecule has 0 aliphatic rings. The van der Waals surface area contributed by atoms with Crippen LogP contribution in [0.2, 0.25) is 0 Å². The Morgan fingerprint density at radius 2 is 1.71 bits per heavy atom. The maximum Gasteiger partial charge on any atom is 0.416 e. The van der Waals surface area contributed by atoms with Crippen molar-refractivity contribution in [2.75, 3.05) is 0 Å². The van der Waals surface area contributed by atoms with Crippen molar-refractivity contribution in [2.45, 2.75) is 23.7 Å². The first kappa shape index (κ1) is 20.9. The topological polar surface area (TPSA) is 60.9 Å². The van der Waals surface area contributed by atoms with Gasteiger partial charge in [-0.05, 0) is 29.3 Å². The van der Waals surface area contributed by atoms with Gasteiger partial charge in [0.1, 0.15) is 5.56 Å². The Bertz CT molecular complexity index is 1240. The summed E-state index contributed by atoms with van der Waals surface area (Å²) in [6.45, 7) is 0.402. The van der Waals surface area contributed by atoms with E-state index < -0.39 is 11.7 Å². The average Bonchev–Trinajstić information content (AvgIpc) is 3.23. The van der Waals surface area contributed by atoms with Crippen molar-refractivity contribution in [1.82, 2.24) is 14.8 Å². The second-order valence-electron chi connectivity index (χ2n) is 6.70. The van der Waals surface area contributed by atoms with Gasteiger partial charge in [-0.1, -0.05) is 60.3 Å². The predicted molar refractivity (Wildman–Crippen MR) is 111 cm³/mol. The molecule has 2 aromatic heterocycles. The molecule has 9 heteroatoms. The van der Waals surface area contributed by atoms with Gasteiger partial charge in [-0.25, -0.2) is 0 Å². The molecule has 2 heterocycles. The maximum absolute atomic E-state index is 12.9. The lowest BCUT2D eigenvalue weighted by Gasteiger charge is -2.07. The van der Waals surface area contributed by atoms with E-state index >= 15 is 0 Å². The van der Waals surface area contributed by atoms with E-state index in [0.29, 0.717) is 12.1 Å². The van der Waals surface area contributed by atoms with Gasteiger partial charge in [0.2, 0.25) is 0 Å². The van der Waals surface area contributed by atoms with E-state index in [1.807, 2.05) is 30.3 Å². The van der Waals surface area contributed by atoms with E-state index in [2.05, 4.69) is 10.2 Å². The number of aromatic nitrogens is 3. The van der Waals surface area contributed by atoms with Gasteiger partial charge < -0.3 is 8.98 Å². The fourth-order valence-corrected chi connectivity index (χ4v) is 3.67. The third kappa shape index (κ3) is 5.05. The number of benzene rings is 2. The normalized spacial score (nSPS) is 11.6. The van der Waals surface area contributed by atoms with E-state index in [1.54, 1.807) is 29.0 Å². The number of rotatable bonds is 6. The van der Waals surface area contributed by atoms with E-state index in [1.165, 1.54) is 6.07 Å². The van der Waals surface area contributed by atoms with Crippen molar-refractivity contribution in [3.63, 3.8) is 0 Å². The highest BCUT2D eigenvalue weighted by Crippen LogP contribution is 2.31. The SMILES string of the molecule is O=c1c(-c2nnc(SCc3cccc(C(F)(F)F)c3)o2)cccn1Cc1ccccc1. The lowest BCUT2D eigenvalue weighted by molar-refractivity contribution is -0.137. The first-order chi connectivity index (χ1) is 14.9. The van der Waals surface area contributed by atoms with Crippen molar-refractivity contribution >= 4 is 11.8 Å². The van der Waals surface area contributed by atoms with E-state index in [-0.39, 0.29) is 28.0 Å². The highest BCUT2D eigenvalue weighted by atomic mass is 32.2. The Morgan fingerprint density at radius 1 is 0.935 bits per heavy atom. The number of thioether (sulfide) groups is 1. The molecule has 4 aromatic rings. The fraction of sp³-hybridized carbons (Fsp3) is 0.136. The van der Waals surface area contributed by atoms with Crippen LogP contribution < -0.4 is 5.56 Å². The molecule has 0 spiro atoms. The zero-order valence-corrected chi connectivity index (χ0v) is 16.9. The molecule has 4 rings (SSSR count). The summed E-state index contributed by atoms with van der Waals surface area (Å²) in [7, 11) is 0. The molecule has 0 unspecified atom stereocenters. The zero-order chi connectivity index (χ0) is 21.8. The molecule has 0 aliphatic carbocycles. The standard InChI is InChI=1S/C22H16F3N3O2S/c23-22(24,25)17-9-4-8-16(12-17)14-31-21-27-26-19(30-21)18-10-5-11-28(20(18)29)13-15-6-2-1-3-7-15/h1-12H,13-14H2. The number of halogens is 3. The quantitative estimate of drug-likeness (QED) is 0.381. The monoisotopic (exact) mass is 443 g/mol. The average molecular weight is 443 g/mol. The van der Waals surface area contributed by atoms with E-state index in [9.17, 15) is 18.0 Å². The van der Waals surface area contributed by atoms with E-state index in [4.69, 9.17) is 4.42 Å². The molecule has 5 nitrogen and oxygen atoms in total. The van der Waals surface area contributed by atoms with Crippen LogP contribution in [-0.4, -0.2) is 14.8 Å². The van der Waals surface area contributed by atoms with E-state index in [0.717, 1.165) is 29.5 Å². The van der Waals surface area contributed by atoms with Crippen molar-refractivity contribution in [1.29, 1.82) is 0 Å². The molecule has 0 bridgehead atoms. The molecule has 0 saturated carbocycles. The van der Waals surface area contributed by atoms with Crippen LogP contribution in [0.5, 0.6) is 0 Å².